The summed E-state index contributed by atoms with van der Waals surface area (Å²) in [4.78, 5) is 17.2. The van der Waals surface area contributed by atoms with Crippen LogP contribution in [-0.2, 0) is 4.79 Å². The van der Waals surface area contributed by atoms with Crippen molar-refractivity contribution >= 4 is 5.97 Å². The Labute approximate surface area is 132 Å². The molecule has 1 fully saturated rings. The Morgan fingerprint density at radius 2 is 2.00 bits per heavy atom. The molecule has 2 atom stereocenters. The van der Waals surface area contributed by atoms with Crippen LogP contribution in [0.5, 0.6) is 0 Å². The summed E-state index contributed by atoms with van der Waals surface area (Å²) in [6.07, 6.45) is 4.40. The molecule has 2 heterocycles. The van der Waals surface area contributed by atoms with Gasteiger partial charge in [0, 0.05) is 30.6 Å². The molecule has 6 heteroatoms. The minimum atomic E-state index is -0.927. The highest BCUT2D eigenvalue weighted by Crippen LogP contribution is 2.36. The Bertz CT molecular complexity index is 709. The number of benzene rings is 1. The van der Waals surface area contributed by atoms with Crippen LogP contribution < -0.4 is 0 Å². The lowest BCUT2D eigenvalue weighted by Gasteiger charge is -2.32. The quantitative estimate of drug-likeness (QED) is 0.941. The molecule has 2 unspecified atom stereocenters. The highest BCUT2D eigenvalue weighted by molar-refractivity contribution is 5.74. The lowest BCUT2D eigenvalue weighted by atomic mass is 9.96. The van der Waals surface area contributed by atoms with Gasteiger partial charge in [-0.25, -0.2) is 8.78 Å². The number of nitrogens with zero attached hydrogens (tertiary/aromatic N) is 2. The summed E-state index contributed by atoms with van der Waals surface area (Å²) in [6.45, 7) is 0.542. The predicted molar refractivity (Wildman–Crippen MR) is 79.8 cm³/mol. The number of carboxylic acids is 1. The van der Waals surface area contributed by atoms with Gasteiger partial charge in [0.2, 0.25) is 0 Å². The monoisotopic (exact) mass is 318 g/mol. The normalized spacial score (nSPS) is 19.7. The molecule has 1 aliphatic heterocycles. The lowest BCUT2D eigenvalue weighted by Crippen LogP contribution is -2.39. The molecule has 3 rings (SSSR count). The molecule has 0 amide bonds. The topological polar surface area (TPSA) is 53.4 Å². The van der Waals surface area contributed by atoms with Gasteiger partial charge in [-0.3, -0.25) is 14.7 Å². The molecule has 1 aromatic heterocycles. The second-order valence-corrected chi connectivity index (χ2v) is 5.58. The second-order valence-electron chi connectivity index (χ2n) is 5.58. The van der Waals surface area contributed by atoms with Gasteiger partial charge in [-0.15, -0.1) is 0 Å². The van der Waals surface area contributed by atoms with Gasteiger partial charge >= 0.3 is 5.97 Å². The van der Waals surface area contributed by atoms with Crippen molar-refractivity contribution in [3.8, 4) is 0 Å². The van der Waals surface area contributed by atoms with Gasteiger partial charge in [0.15, 0.2) is 0 Å². The maximum absolute atomic E-state index is 14.3. The first-order chi connectivity index (χ1) is 11.1. The summed E-state index contributed by atoms with van der Waals surface area (Å²) in [7, 11) is 0. The van der Waals surface area contributed by atoms with Gasteiger partial charge in [0.1, 0.15) is 17.7 Å². The fraction of sp³-hybridized carbons (Fsp3) is 0.294. The first-order valence-electron chi connectivity index (χ1n) is 7.41. The molecule has 4 nitrogen and oxygen atoms in total. The number of halogens is 2. The Morgan fingerprint density at radius 1 is 1.26 bits per heavy atom. The van der Waals surface area contributed by atoms with E-state index in [1.807, 2.05) is 0 Å². The van der Waals surface area contributed by atoms with Gasteiger partial charge < -0.3 is 5.11 Å². The van der Waals surface area contributed by atoms with E-state index in [-0.39, 0.29) is 5.56 Å². The molecule has 1 N–H and O–H groups in total. The molecule has 23 heavy (non-hydrogen) atoms. The average Bonchev–Trinajstić information content (AvgIpc) is 3.00. The van der Waals surface area contributed by atoms with E-state index >= 15 is 0 Å². The first kappa shape index (κ1) is 15.6. The van der Waals surface area contributed by atoms with E-state index < -0.39 is 29.7 Å². The van der Waals surface area contributed by atoms with Crippen LogP contribution in [0.3, 0.4) is 0 Å². The van der Waals surface area contributed by atoms with E-state index in [1.165, 1.54) is 12.1 Å². The smallest absolute Gasteiger partial charge is 0.320 e. The van der Waals surface area contributed by atoms with E-state index in [9.17, 15) is 18.7 Å². The number of carbonyl (C=O) groups is 1. The van der Waals surface area contributed by atoms with E-state index in [0.717, 1.165) is 18.1 Å². The molecule has 2 aromatic rings. The number of aromatic nitrogens is 1. The highest BCUT2D eigenvalue weighted by atomic mass is 19.1. The van der Waals surface area contributed by atoms with Crippen molar-refractivity contribution in [3.63, 3.8) is 0 Å². The largest absolute Gasteiger partial charge is 0.480 e. The summed E-state index contributed by atoms with van der Waals surface area (Å²) in [6, 6.07) is 5.59. The Kier molecular flexibility index (Phi) is 4.34. The summed E-state index contributed by atoms with van der Waals surface area (Å²) < 4.78 is 27.6. The third-order valence-electron chi connectivity index (χ3n) is 4.19. The molecule has 0 aliphatic carbocycles. The van der Waals surface area contributed by atoms with E-state index in [2.05, 4.69) is 4.98 Å². The SMILES string of the molecule is O=C(O)C1CCCN1C(c1ccncc1)c1ccc(F)cc1F. The molecule has 120 valence electrons. The van der Waals surface area contributed by atoms with Crippen LogP contribution >= 0.6 is 0 Å². The van der Waals surface area contributed by atoms with Gasteiger partial charge in [0.25, 0.3) is 0 Å². The van der Waals surface area contributed by atoms with Crippen LogP contribution in [0.4, 0.5) is 8.78 Å². The third kappa shape index (κ3) is 3.07. The number of rotatable bonds is 4. The van der Waals surface area contributed by atoms with Crippen molar-refractivity contribution in [2.24, 2.45) is 0 Å². The van der Waals surface area contributed by atoms with Crippen molar-refractivity contribution in [1.82, 2.24) is 9.88 Å². The molecule has 0 saturated carbocycles. The van der Waals surface area contributed by atoms with Crippen LogP contribution in [0, 0.1) is 11.6 Å². The molecule has 1 aromatic carbocycles. The summed E-state index contributed by atoms with van der Waals surface area (Å²) in [5, 5.41) is 9.43. The fourth-order valence-electron chi connectivity index (χ4n) is 3.18. The summed E-state index contributed by atoms with van der Waals surface area (Å²) in [5.74, 6) is -2.26. The van der Waals surface area contributed by atoms with Gasteiger partial charge in [0.05, 0.1) is 6.04 Å². The van der Waals surface area contributed by atoms with E-state index in [4.69, 9.17) is 0 Å². The summed E-state index contributed by atoms with van der Waals surface area (Å²) >= 11 is 0. The van der Waals surface area contributed by atoms with Gasteiger partial charge in [-0.2, -0.15) is 0 Å². The van der Waals surface area contributed by atoms with Crippen molar-refractivity contribution in [3.05, 3.63) is 65.5 Å². The zero-order valence-corrected chi connectivity index (χ0v) is 12.3. The maximum Gasteiger partial charge on any atom is 0.320 e. The van der Waals surface area contributed by atoms with Crippen LogP contribution in [0.25, 0.3) is 0 Å². The highest BCUT2D eigenvalue weighted by Gasteiger charge is 2.37. The average molecular weight is 318 g/mol. The van der Waals surface area contributed by atoms with Crippen molar-refractivity contribution in [1.29, 1.82) is 0 Å². The number of likely N-dealkylation sites (tertiary alicyclic amines) is 1. The lowest BCUT2D eigenvalue weighted by molar-refractivity contribution is -0.142. The zero-order valence-electron chi connectivity index (χ0n) is 12.3. The summed E-state index contributed by atoms with van der Waals surface area (Å²) in [5.41, 5.74) is 1.00. The Hall–Kier alpha value is -2.34. The number of aliphatic carboxylic acids is 1. The minimum Gasteiger partial charge on any atom is -0.480 e. The van der Waals surface area contributed by atoms with Gasteiger partial charge in [-0.05, 0) is 36.6 Å². The molecule has 0 bridgehead atoms. The van der Waals surface area contributed by atoms with E-state index in [1.54, 1.807) is 29.4 Å². The van der Waals surface area contributed by atoms with Crippen molar-refractivity contribution in [2.45, 2.75) is 24.9 Å². The van der Waals surface area contributed by atoms with Crippen molar-refractivity contribution in [2.75, 3.05) is 6.54 Å². The number of pyridine rings is 1. The van der Waals surface area contributed by atoms with Crippen LogP contribution in [0.15, 0.2) is 42.7 Å². The zero-order chi connectivity index (χ0) is 16.4. The molecule has 1 aliphatic rings. The number of carboxylic acid groups (broad SMARTS) is 1. The van der Waals surface area contributed by atoms with Crippen LogP contribution in [0.2, 0.25) is 0 Å². The Balaban J connectivity index is 2.09. The van der Waals surface area contributed by atoms with Crippen LogP contribution in [-0.4, -0.2) is 33.5 Å². The number of hydrogen-bond acceptors (Lipinski definition) is 3. The van der Waals surface area contributed by atoms with Crippen molar-refractivity contribution < 1.29 is 18.7 Å². The third-order valence-corrected chi connectivity index (χ3v) is 4.19. The van der Waals surface area contributed by atoms with Crippen LogP contribution in [0.1, 0.15) is 30.0 Å². The molecule has 0 radical (unpaired) electrons. The minimum absolute atomic E-state index is 0.269. The van der Waals surface area contributed by atoms with E-state index in [0.29, 0.717) is 13.0 Å². The first-order valence-corrected chi connectivity index (χ1v) is 7.41. The molecule has 0 spiro atoms. The maximum atomic E-state index is 14.3. The molecular weight excluding hydrogens is 302 g/mol. The predicted octanol–water partition coefficient (Wildman–Crippen LogP) is 3.00. The second kappa shape index (κ2) is 6.42. The number of hydrogen-bond donors (Lipinski definition) is 1. The van der Waals surface area contributed by atoms with Gasteiger partial charge in [-0.1, -0.05) is 6.07 Å². The molecular formula is C17H16F2N2O2. The Morgan fingerprint density at radius 3 is 2.65 bits per heavy atom. The standard InChI is InChI=1S/C17H16F2N2O2/c18-12-3-4-13(14(19)10-12)16(11-5-7-20-8-6-11)21-9-1-2-15(21)17(22)23/h3-8,10,15-16H,1-2,9H2,(H,22,23). The fourth-order valence-corrected chi connectivity index (χ4v) is 3.18. The molecule has 1 saturated heterocycles.